The van der Waals surface area contributed by atoms with Crippen LogP contribution in [0.1, 0.15) is 90.2 Å². The molecule has 0 amide bonds. The fourth-order valence-electron chi connectivity index (χ4n) is 6.61. The van der Waals surface area contributed by atoms with E-state index in [-0.39, 0.29) is 11.1 Å². The molecule has 2 atom stereocenters. The van der Waals surface area contributed by atoms with Crippen LogP contribution in [0.15, 0.2) is 47.2 Å². The van der Waals surface area contributed by atoms with Crippen molar-refractivity contribution in [2.24, 2.45) is 11.8 Å². The van der Waals surface area contributed by atoms with Gasteiger partial charge in [-0.05, 0) is 70.8 Å². The zero-order valence-corrected chi connectivity index (χ0v) is 27.8. The van der Waals surface area contributed by atoms with Gasteiger partial charge in [-0.25, -0.2) is 17.6 Å². The van der Waals surface area contributed by atoms with E-state index < -0.39 is 23.3 Å². The third-order valence-electron chi connectivity index (χ3n) is 9.27. The highest BCUT2D eigenvalue weighted by molar-refractivity contribution is 7.20. The Morgan fingerprint density at radius 2 is 0.955 bits per heavy atom. The zero-order chi connectivity index (χ0) is 31.4. The van der Waals surface area contributed by atoms with E-state index in [1.54, 1.807) is 12.1 Å². The minimum Gasteiger partial charge on any atom is -0.206 e. The predicted octanol–water partition coefficient (Wildman–Crippen LogP) is 13.5. The summed E-state index contributed by atoms with van der Waals surface area (Å²) in [6.45, 7) is 8.53. The summed E-state index contributed by atoms with van der Waals surface area (Å²) < 4.78 is 65.5. The first-order valence-corrected chi connectivity index (χ1v) is 17.9. The van der Waals surface area contributed by atoms with Gasteiger partial charge in [-0.1, -0.05) is 91.2 Å². The van der Waals surface area contributed by atoms with Crippen molar-refractivity contribution in [3.8, 4) is 22.3 Å². The van der Waals surface area contributed by atoms with Gasteiger partial charge in [0, 0.05) is 31.3 Å². The first kappa shape index (κ1) is 32.7. The molecule has 0 spiro atoms. The molecule has 0 saturated carbocycles. The smallest absolute Gasteiger partial charge is 0.137 e. The molecule has 44 heavy (non-hydrogen) atoms. The van der Waals surface area contributed by atoms with E-state index in [0.29, 0.717) is 67.1 Å². The van der Waals surface area contributed by atoms with Crippen molar-refractivity contribution in [1.82, 2.24) is 0 Å². The highest BCUT2D eigenvalue weighted by Gasteiger charge is 2.28. The summed E-state index contributed by atoms with van der Waals surface area (Å²) >= 11 is 2.71. The summed E-state index contributed by atoms with van der Waals surface area (Å²) in [6, 6.07) is 9.56. The maximum absolute atomic E-state index is 16.4. The third-order valence-corrected chi connectivity index (χ3v) is 11.1. The quantitative estimate of drug-likeness (QED) is 0.106. The van der Waals surface area contributed by atoms with Crippen LogP contribution in [0.4, 0.5) is 17.6 Å². The second kappa shape index (κ2) is 14.6. The number of fused-ring (bicyclic) bond motifs is 2. The van der Waals surface area contributed by atoms with Crippen molar-refractivity contribution in [1.29, 1.82) is 0 Å². The first-order valence-electron chi connectivity index (χ1n) is 16.2. The Balaban J connectivity index is 1.69. The van der Waals surface area contributed by atoms with Crippen molar-refractivity contribution in [3.63, 3.8) is 0 Å². The molecule has 5 aromatic rings. The van der Waals surface area contributed by atoms with Crippen molar-refractivity contribution < 1.29 is 17.6 Å². The molecule has 3 aromatic carbocycles. The fourth-order valence-corrected chi connectivity index (χ4v) is 8.55. The Kier molecular flexibility index (Phi) is 10.8. The average molecular weight is 639 g/mol. The lowest BCUT2D eigenvalue weighted by Gasteiger charge is -2.19. The van der Waals surface area contributed by atoms with E-state index in [4.69, 9.17) is 0 Å². The maximum Gasteiger partial charge on any atom is 0.137 e. The molecule has 0 fully saturated rings. The van der Waals surface area contributed by atoms with Gasteiger partial charge < -0.3 is 0 Å². The Labute approximate surface area is 267 Å². The van der Waals surface area contributed by atoms with E-state index in [1.165, 1.54) is 34.8 Å². The second-order valence-electron chi connectivity index (χ2n) is 12.1. The van der Waals surface area contributed by atoms with Crippen molar-refractivity contribution in [3.05, 3.63) is 81.6 Å². The largest absolute Gasteiger partial charge is 0.206 e. The normalized spacial score (nSPS) is 13.3. The van der Waals surface area contributed by atoms with E-state index in [9.17, 15) is 0 Å². The highest BCUT2D eigenvalue weighted by atomic mass is 32.1. The maximum atomic E-state index is 16.4. The van der Waals surface area contributed by atoms with Crippen molar-refractivity contribution >= 4 is 42.8 Å². The lowest BCUT2D eigenvalue weighted by molar-refractivity contribution is 0.439. The Hall–Kier alpha value is -2.70. The molecule has 2 aromatic heterocycles. The van der Waals surface area contributed by atoms with Crippen LogP contribution in [-0.2, 0) is 12.8 Å². The van der Waals surface area contributed by atoms with Crippen molar-refractivity contribution in [2.75, 3.05) is 0 Å². The minimum atomic E-state index is -0.625. The number of hydrogen-bond donors (Lipinski definition) is 0. The molecule has 0 aliphatic heterocycles. The molecule has 0 saturated heterocycles. The van der Waals surface area contributed by atoms with Crippen LogP contribution in [0.2, 0.25) is 0 Å². The fraction of sp³-hybridized carbons (Fsp3) is 0.421. The Morgan fingerprint density at radius 3 is 1.32 bits per heavy atom. The molecule has 2 heterocycles. The van der Waals surface area contributed by atoms with Gasteiger partial charge >= 0.3 is 0 Å². The minimum absolute atomic E-state index is 0.0494. The number of halogens is 4. The van der Waals surface area contributed by atoms with Crippen LogP contribution >= 0.6 is 22.7 Å². The van der Waals surface area contributed by atoms with Crippen LogP contribution in [0, 0.1) is 35.1 Å². The van der Waals surface area contributed by atoms with Gasteiger partial charge in [-0.2, -0.15) is 0 Å². The standard InChI is InChI=1S/C38H42F4S2/c1-5-9-11-23(7-3)21-25-13-15-29(39)33(35(25)41)31-27-17-19-44-38(27)32(28-18-20-43-37(28)31)34-30(40)16-14-26(36(34)42)22-24(8-4)12-10-6-2/h13-20,23-24H,5-12,21-22H2,1-4H3. The SMILES string of the molecule is CCCCC(CC)Cc1ccc(F)c(-c2c3ccsc3c(-c3c(F)ccc(CC(CC)CCCC)c3F)c3ccsc23)c1F. The van der Waals surface area contributed by atoms with Crippen LogP contribution in [0.3, 0.4) is 0 Å². The molecule has 5 rings (SSSR count). The number of rotatable bonds is 14. The van der Waals surface area contributed by atoms with Gasteiger partial charge in [0.2, 0.25) is 0 Å². The molecule has 234 valence electrons. The second-order valence-corrected chi connectivity index (χ2v) is 13.9. The summed E-state index contributed by atoms with van der Waals surface area (Å²) in [5.41, 5.74) is 1.87. The summed E-state index contributed by atoms with van der Waals surface area (Å²) in [6.07, 6.45) is 9.28. The number of benzene rings is 3. The first-order chi connectivity index (χ1) is 21.3. The van der Waals surface area contributed by atoms with Gasteiger partial charge in [0.1, 0.15) is 23.3 Å². The zero-order valence-electron chi connectivity index (χ0n) is 26.2. The lowest BCUT2D eigenvalue weighted by atomic mass is 9.87. The molecule has 0 aliphatic rings. The van der Waals surface area contributed by atoms with Crippen LogP contribution in [0.5, 0.6) is 0 Å². The third kappa shape index (κ3) is 6.35. The molecule has 0 aliphatic carbocycles. The molecule has 2 unspecified atom stereocenters. The van der Waals surface area contributed by atoms with Crippen LogP contribution < -0.4 is 0 Å². The van der Waals surface area contributed by atoms with E-state index in [2.05, 4.69) is 27.7 Å². The summed E-state index contributed by atoms with van der Waals surface area (Å²) in [7, 11) is 0. The van der Waals surface area contributed by atoms with Gasteiger partial charge in [0.15, 0.2) is 0 Å². The van der Waals surface area contributed by atoms with Gasteiger partial charge in [-0.3, -0.25) is 0 Å². The monoisotopic (exact) mass is 638 g/mol. The molecule has 6 heteroatoms. The van der Waals surface area contributed by atoms with E-state index in [1.807, 2.05) is 22.9 Å². The van der Waals surface area contributed by atoms with Crippen LogP contribution in [0.25, 0.3) is 42.4 Å². The number of thiophene rings is 2. The van der Waals surface area contributed by atoms with Crippen LogP contribution in [-0.4, -0.2) is 0 Å². The molecule has 0 radical (unpaired) electrons. The average Bonchev–Trinajstić information content (AvgIpc) is 3.71. The molecular weight excluding hydrogens is 597 g/mol. The molecular formula is C38H42F4S2. The summed E-state index contributed by atoms with van der Waals surface area (Å²) in [4.78, 5) is 0. The predicted molar refractivity (Wildman–Crippen MR) is 182 cm³/mol. The van der Waals surface area contributed by atoms with Gasteiger partial charge in [0.25, 0.3) is 0 Å². The summed E-state index contributed by atoms with van der Waals surface area (Å²) in [5, 5.41) is 4.92. The molecule has 0 nitrogen and oxygen atoms in total. The van der Waals surface area contributed by atoms with E-state index in [0.717, 1.165) is 51.4 Å². The highest BCUT2D eigenvalue weighted by Crippen LogP contribution is 2.50. The Bertz CT molecular complexity index is 1560. The summed E-state index contributed by atoms with van der Waals surface area (Å²) in [5.74, 6) is -1.68. The van der Waals surface area contributed by atoms with Gasteiger partial charge in [-0.15, -0.1) is 22.7 Å². The number of hydrogen-bond acceptors (Lipinski definition) is 2. The lowest BCUT2D eigenvalue weighted by Crippen LogP contribution is -2.07. The van der Waals surface area contributed by atoms with Gasteiger partial charge in [0.05, 0.1) is 11.1 Å². The Morgan fingerprint density at radius 1 is 0.545 bits per heavy atom. The molecule has 0 N–H and O–H groups in total. The molecule has 0 bridgehead atoms. The van der Waals surface area contributed by atoms with Crippen molar-refractivity contribution in [2.45, 2.75) is 91.9 Å². The topological polar surface area (TPSA) is 0 Å². The number of unbranched alkanes of at least 4 members (excludes halogenated alkanes) is 2. The van der Waals surface area contributed by atoms with E-state index >= 15 is 17.6 Å².